The molecule has 0 heterocycles. The van der Waals surface area contributed by atoms with Gasteiger partial charge in [-0.1, -0.05) is 26.0 Å². The van der Waals surface area contributed by atoms with E-state index in [-0.39, 0.29) is 18.2 Å². The van der Waals surface area contributed by atoms with Crippen LogP contribution in [0.15, 0.2) is 18.2 Å². The van der Waals surface area contributed by atoms with Crippen LogP contribution in [0.1, 0.15) is 25.0 Å². The molecule has 0 bridgehead atoms. The van der Waals surface area contributed by atoms with Gasteiger partial charge in [-0.2, -0.15) is 0 Å². The summed E-state index contributed by atoms with van der Waals surface area (Å²) in [4.78, 5) is 23.7. The lowest BCUT2D eigenvalue weighted by Crippen LogP contribution is -2.45. The molecule has 1 rings (SSSR count). The van der Waals surface area contributed by atoms with Crippen LogP contribution in [0.4, 0.5) is 0 Å². The maximum absolute atomic E-state index is 12.1. The quantitative estimate of drug-likeness (QED) is 0.813. The molecule has 0 aromatic heterocycles. The first kappa shape index (κ1) is 17.0. The number of carbonyl (C=O) groups excluding carboxylic acids is 2. The number of hydrogen-bond acceptors (Lipinski definition) is 4. The number of amides is 1. The summed E-state index contributed by atoms with van der Waals surface area (Å²) in [5.41, 5.74) is 1.85. The Morgan fingerprint density at radius 1 is 1.24 bits per heavy atom. The van der Waals surface area contributed by atoms with Crippen LogP contribution in [-0.4, -0.2) is 32.1 Å². The number of benzene rings is 1. The summed E-state index contributed by atoms with van der Waals surface area (Å²) >= 11 is 0. The van der Waals surface area contributed by atoms with Crippen molar-refractivity contribution in [1.82, 2.24) is 5.32 Å². The number of hydrogen-bond donors (Lipinski definition) is 1. The van der Waals surface area contributed by atoms with Crippen molar-refractivity contribution in [3.63, 3.8) is 0 Å². The number of nitrogens with one attached hydrogen (secondary N) is 1. The van der Waals surface area contributed by atoms with Gasteiger partial charge in [0.05, 0.1) is 20.6 Å². The van der Waals surface area contributed by atoms with E-state index in [1.54, 1.807) is 7.11 Å². The van der Waals surface area contributed by atoms with E-state index in [0.29, 0.717) is 0 Å². The van der Waals surface area contributed by atoms with Crippen LogP contribution in [0.2, 0.25) is 0 Å². The van der Waals surface area contributed by atoms with Gasteiger partial charge in [-0.25, -0.2) is 4.79 Å². The summed E-state index contributed by atoms with van der Waals surface area (Å²) in [5.74, 6) is 0.0625. The topological polar surface area (TPSA) is 64.6 Å². The van der Waals surface area contributed by atoms with Crippen molar-refractivity contribution in [3.8, 4) is 5.75 Å². The molecule has 1 aromatic carbocycles. The average molecular weight is 293 g/mol. The largest absolute Gasteiger partial charge is 0.496 e. The van der Waals surface area contributed by atoms with Crippen LogP contribution in [0.25, 0.3) is 0 Å². The third-order valence-electron chi connectivity index (χ3n) is 3.28. The zero-order valence-corrected chi connectivity index (χ0v) is 13.2. The Kier molecular flexibility index (Phi) is 6.21. The fourth-order valence-corrected chi connectivity index (χ4v) is 2.01. The summed E-state index contributed by atoms with van der Waals surface area (Å²) in [5, 5.41) is 2.71. The fraction of sp³-hybridized carbons (Fsp3) is 0.500. The fourth-order valence-electron chi connectivity index (χ4n) is 2.01. The highest BCUT2D eigenvalue weighted by molar-refractivity contribution is 5.85. The molecule has 0 saturated heterocycles. The monoisotopic (exact) mass is 293 g/mol. The van der Waals surface area contributed by atoms with Crippen molar-refractivity contribution in [2.75, 3.05) is 14.2 Å². The standard InChI is InChI=1S/C16H23NO4/c1-10(2)15(16(19)21-5)17-14(18)9-12-7-6-11(3)13(8-12)20-4/h6-8,10,15H,9H2,1-5H3,(H,17,18)/t15-/m0/s1. The highest BCUT2D eigenvalue weighted by atomic mass is 16.5. The molecule has 1 N–H and O–H groups in total. The van der Waals surface area contributed by atoms with Crippen LogP contribution in [0, 0.1) is 12.8 Å². The molecule has 0 aliphatic carbocycles. The molecule has 5 heteroatoms. The summed E-state index contributed by atoms with van der Waals surface area (Å²) in [7, 11) is 2.91. The maximum atomic E-state index is 12.1. The number of methoxy groups -OCH3 is 2. The molecular weight excluding hydrogens is 270 g/mol. The van der Waals surface area contributed by atoms with Crippen molar-refractivity contribution in [2.24, 2.45) is 5.92 Å². The molecule has 21 heavy (non-hydrogen) atoms. The lowest BCUT2D eigenvalue weighted by Gasteiger charge is -2.19. The van der Waals surface area contributed by atoms with E-state index in [4.69, 9.17) is 9.47 Å². The van der Waals surface area contributed by atoms with Crippen LogP contribution < -0.4 is 10.1 Å². The van der Waals surface area contributed by atoms with Gasteiger partial charge in [-0.05, 0) is 30.0 Å². The molecule has 0 fully saturated rings. The van der Waals surface area contributed by atoms with Gasteiger partial charge in [0.25, 0.3) is 0 Å². The molecule has 0 aliphatic rings. The average Bonchev–Trinajstić information content (AvgIpc) is 2.45. The van der Waals surface area contributed by atoms with Gasteiger partial charge in [0, 0.05) is 0 Å². The molecule has 116 valence electrons. The van der Waals surface area contributed by atoms with Crippen molar-refractivity contribution in [2.45, 2.75) is 33.2 Å². The second kappa shape index (κ2) is 7.67. The maximum Gasteiger partial charge on any atom is 0.328 e. The number of rotatable bonds is 6. The Labute approximate surface area is 125 Å². The molecule has 0 radical (unpaired) electrons. The second-order valence-electron chi connectivity index (χ2n) is 5.29. The van der Waals surface area contributed by atoms with Gasteiger partial charge >= 0.3 is 5.97 Å². The highest BCUT2D eigenvalue weighted by Gasteiger charge is 2.24. The van der Waals surface area contributed by atoms with Gasteiger partial charge in [-0.15, -0.1) is 0 Å². The predicted molar refractivity (Wildman–Crippen MR) is 80.2 cm³/mol. The molecule has 0 unspecified atom stereocenters. The molecule has 1 atom stereocenters. The summed E-state index contributed by atoms with van der Waals surface area (Å²) in [6.45, 7) is 5.66. The smallest absolute Gasteiger partial charge is 0.328 e. The minimum Gasteiger partial charge on any atom is -0.496 e. The van der Waals surface area contributed by atoms with Gasteiger partial charge < -0.3 is 14.8 Å². The molecule has 1 amide bonds. The lowest BCUT2D eigenvalue weighted by atomic mass is 10.0. The summed E-state index contributed by atoms with van der Waals surface area (Å²) in [6, 6.07) is 4.98. The number of aryl methyl sites for hydroxylation is 1. The Morgan fingerprint density at radius 3 is 2.43 bits per heavy atom. The Hall–Kier alpha value is -2.04. The third kappa shape index (κ3) is 4.77. The van der Waals surface area contributed by atoms with E-state index in [9.17, 15) is 9.59 Å². The molecule has 5 nitrogen and oxygen atoms in total. The number of carbonyl (C=O) groups is 2. The van der Waals surface area contributed by atoms with Crippen LogP contribution in [-0.2, 0) is 20.7 Å². The zero-order chi connectivity index (χ0) is 16.0. The Bertz CT molecular complexity index is 511. The van der Waals surface area contributed by atoms with Crippen molar-refractivity contribution in [3.05, 3.63) is 29.3 Å². The number of esters is 1. The normalized spacial score (nSPS) is 11.9. The molecule has 0 spiro atoms. The van der Waals surface area contributed by atoms with E-state index in [1.807, 2.05) is 39.0 Å². The summed E-state index contributed by atoms with van der Waals surface area (Å²) < 4.78 is 9.94. The van der Waals surface area contributed by atoms with Gasteiger partial charge in [-0.3, -0.25) is 4.79 Å². The van der Waals surface area contributed by atoms with Crippen LogP contribution in [0.3, 0.4) is 0 Å². The van der Waals surface area contributed by atoms with Crippen molar-refractivity contribution < 1.29 is 19.1 Å². The summed E-state index contributed by atoms with van der Waals surface area (Å²) in [6.07, 6.45) is 0.191. The number of ether oxygens (including phenoxy) is 2. The van der Waals surface area contributed by atoms with Crippen molar-refractivity contribution >= 4 is 11.9 Å². The van der Waals surface area contributed by atoms with Gasteiger partial charge in [0.2, 0.25) is 5.91 Å². The van der Waals surface area contributed by atoms with Crippen LogP contribution in [0.5, 0.6) is 5.75 Å². The Morgan fingerprint density at radius 2 is 1.90 bits per heavy atom. The molecule has 0 aliphatic heterocycles. The first-order valence-electron chi connectivity index (χ1n) is 6.89. The third-order valence-corrected chi connectivity index (χ3v) is 3.28. The molecule has 0 saturated carbocycles. The van der Waals surface area contributed by atoms with E-state index in [0.717, 1.165) is 16.9 Å². The zero-order valence-electron chi connectivity index (χ0n) is 13.2. The minimum atomic E-state index is -0.630. The van der Waals surface area contributed by atoms with E-state index in [1.165, 1.54) is 7.11 Å². The molecule has 1 aromatic rings. The highest BCUT2D eigenvalue weighted by Crippen LogP contribution is 2.19. The minimum absolute atomic E-state index is 0.0334. The van der Waals surface area contributed by atoms with Crippen molar-refractivity contribution in [1.29, 1.82) is 0 Å². The van der Waals surface area contributed by atoms with Gasteiger partial charge in [0.15, 0.2) is 0 Å². The van der Waals surface area contributed by atoms with Crippen LogP contribution >= 0.6 is 0 Å². The van der Waals surface area contributed by atoms with Gasteiger partial charge in [0.1, 0.15) is 11.8 Å². The lowest BCUT2D eigenvalue weighted by molar-refractivity contribution is -0.146. The SMILES string of the molecule is COC(=O)[C@@H](NC(=O)Cc1ccc(C)c(OC)c1)C(C)C. The first-order valence-corrected chi connectivity index (χ1v) is 6.89. The predicted octanol–water partition coefficient (Wildman–Crippen LogP) is 1.86. The second-order valence-corrected chi connectivity index (χ2v) is 5.29. The van der Waals surface area contributed by atoms with E-state index < -0.39 is 12.0 Å². The van der Waals surface area contributed by atoms with E-state index in [2.05, 4.69) is 5.32 Å². The molecular formula is C16H23NO4. The first-order chi connectivity index (χ1) is 9.88. The van der Waals surface area contributed by atoms with E-state index >= 15 is 0 Å². The Balaban J connectivity index is 2.74.